The third-order valence-electron chi connectivity index (χ3n) is 3.45. The molecule has 1 aliphatic heterocycles. The van der Waals surface area contributed by atoms with Crippen LogP contribution in [0.3, 0.4) is 0 Å². The van der Waals surface area contributed by atoms with Crippen molar-refractivity contribution in [2.24, 2.45) is 0 Å². The van der Waals surface area contributed by atoms with Crippen LogP contribution in [0.25, 0.3) is 0 Å². The van der Waals surface area contributed by atoms with Gasteiger partial charge in [-0.05, 0) is 45.2 Å². The number of nitrogens with one attached hydrogen (secondary N) is 1. The average molecular weight is 219 g/mol. The van der Waals surface area contributed by atoms with Crippen LogP contribution in [0.4, 0.5) is 0 Å². The molecule has 3 nitrogen and oxygen atoms in total. The highest BCUT2D eigenvalue weighted by atomic mass is 14.9. The van der Waals surface area contributed by atoms with Crippen LogP contribution in [0.5, 0.6) is 0 Å². The van der Waals surface area contributed by atoms with Crippen molar-refractivity contribution in [1.29, 1.82) is 0 Å². The van der Waals surface area contributed by atoms with Crippen molar-refractivity contribution in [2.45, 2.75) is 46.0 Å². The van der Waals surface area contributed by atoms with E-state index in [1.165, 1.54) is 18.4 Å². The highest BCUT2D eigenvalue weighted by Gasteiger charge is 2.19. The highest BCUT2D eigenvalue weighted by molar-refractivity contribution is 5.25. The lowest BCUT2D eigenvalue weighted by Gasteiger charge is -2.22. The first-order valence-electron chi connectivity index (χ1n) is 6.27. The van der Waals surface area contributed by atoms with Crippen LogP contribution in [-0.4, -0.2) is 23.1 Å². The fourth-order valence-electron chi connectivity index (χ4n) is 2.53. The molecule has 0 radical (unpaired) electrons. The van der Waals surface area contributed by atoms with Gasteiger partial charge in [-0.3, -0.25) is 0 Å². The second-order valence-corrected chi connectivity index (χ2v) is 4.63. The molecule has 1 aromatic rings. The maximum atomic E-state index is 4.68. The fourth-order valence-corrected chi connectivity index (χ4v) is 2.53. The van der Waals surface area contributed by atoms with Gasteiger partial charge in [0.1, 0.15) is 5.82 Å². The summed E-state index contributed by atoms with van der Waals surface area (Å²) in [5.41, 5.74) is 3.64. The van der Waals surface area contributed by atoms with E-state index in [1.807, 2.05) is 0 Å². The smallest absolute Gasteiger partial charge is 0.133 e. The van der Waals surface area contributed by atoms with Gasteiger partial charge in [-0.1, -0.05) is 6.92 Å². The van der Waals surface area contributed by atoms with E-state index in [-0.39, 0.29) is 0 Å². The summed E-state index contributed by atoms with van der Waals surface area (Å²) in [6.45, 7) is 8.55. The zero-order valence-electron chi connectivity index (χ0n) is 10.5. The van der Waals surface area contributed by atoms with E-state index in [0.717, 1.165) is 36.7 Å². The van der Waals surface area contributed by atoms with Gasteiger partial charge in [-0.25, -0.2) is 9.97 Å². The molecule has 2 rings (SSSR count). The summed E-state index contributed by atoms with van der Waals surface area (Å²) >= 11 is 0. The number of rotatable bonds is 2. The molecule has 0 aromatic carbocycles. The first-order valence-corrected chi connectivity index (χ1v) is 6.27. The Balaban J connectivity index is 2.28. The van der Waals surface area contributed by atoms with Gasteiger partial charge in [0.25, 0.3) is 0 Å². The predicted molar refractivity (Wildman–Crippen MR) is 65.7 cm³/mol. The lowest BCUT2D eigenvalue weighted by atomic mass is 9.98. The van der Waals surface area contributed by atoms with Crippen LogP contribution in [0.1, 0.15) is 48.5 Å². The normalized spacial score (nSPS) is 21.1. The number of aromatic nitrogens is 2. The van der Waals surface area contributed by atoms with Crippen LogP contribution in [0, 0.1) is 13.8 Å². The second-order valence-electron chi connectivity index (χ2n) is 4.63. The summed E-state index contributed by atoms with van der Waals surface area (Å²) in [5, 5.41) is 3.42. The topological polar surface area (TPSA) is 37.8 Å². The van der Waals surface area contributed by atoms with Crippen LogP contribution in [0.2, 0.25) is 0 Å². The third-order valence-corrected chi connectivity index (χ3v) is 3.45. The van der Waals surface area contributed by atoms with E-state index in [9.17, 15) is 0 Å². The van der Waals surface area contributed by atoms with Gasteiger partial charge in [-0.2, -0.15) is 0 Å². The number of hydrogen-bond donors (Lipinski definition) is 1. The Morgan fingerprint density at radius 2 is 1.94 bits per heavy atom. The average Bonchev–Trinajstić information content (AvgIpc) is 2.30. The van der Waals surface area contributed by atoms with Crippen molar-refractivity contribution in [3.63, 3.8) is 0 Å². The van der Waals surface area contributed by atoms with Crippen molar-refractivity contribution in [3.05, 3.63) is 22.8 Å². The molecular weight excluding hydrogens is 198 g/mol. The molecule has 0 spiro atoms. The number of hydrogen-bond acceptors (Lipinski definition) is 3. The van der Waals surface area contributed by atoms with Crippen molar-refractivity contribution >= 4 is 0 Å². The van der Waals surface area contributed by atoms with Crippen LogP contribution < -0.4 is 5.32 Å². The molecule has 0 aliphatic carbocycles. The van der Waals surface area contributed by atoms with E-state index in [2.05, 4.69) is 36.1 Å². The van der Waals surface area contributed by atoms with E-state index in [4.69, 9.17) is 0 Å². The molecule has 1 aromatic heterocycles. The lowest BCUT2D eigenvalue weighted by Crippen LogP contribution is -2.29. The van der Waals surface area contributed by atoms with Crippen molar-refractivity contribution in [2.75, 3.05) is 13.1 Å². The van der Waals surface area contributed by atoms with E-state index in [1.54, 1.807) is 0 Å². The zero-order valence-corrected chi connectivity index (χ0v) is 10.5. The molecule has 16 heavy (non-hydrogen) atoms. The van der Waals surface area contributed by atoms with Gasteiger partial charge in [0, 0.05) is 23.9 Å². The molecule has 1 N–H and O–H groups in total. The Morgan fingerprint density at radius 3 is 2.44 bits per heavy atom. The third kappa shape index (κ3) is 2.24. The summed E-state index contributed by atoms with van der Waals surface area (Å²) in [6, 6.07) is 0. The first-order chi connectivity index (χ1) is 7.72. The largest absolute Gasteiger partial charge is 0.316 e. The number of nitrogens with zero attached hydrogens (tertiary/aromatic N) is 2. The van der Waals surface area contributed by atoms with Crippen LogP contribution in [-0.2, 0) is 6.42 Å². The first kappa shape index (κ1) is 11.5. The molecule has 1 saturated heterocycles. The quantitative estimate of drug-likeness (QED) is 0.828. The molecule has 3 heteroatoms. The standard InChI is InChI=1S/C13H21N3/c1-4-12-9(2)15-13(16-10(12)3)11-6-5-7-14-8-11/h11,14H,4-8H2,1-3H3. The van der Waals surface area contributed by atoms with E-state index < -0.39 is 0 Å². The summed E-state index contributed by atoms with van der Waals surface area (Å²) in [4.78, 5) is 9.35. The summed E-state index contributed by atoms with van der Waals surface area (Å²) < 4.78 is 0. The fraction of sp³-hybridized carbons (Fsp3) is 0.692. The molecule has 2 heterocycles. The molecule has 1 atom stereocenters. The monoisotopic (exact) mass is 219 g/mol. The zero-order chi connectivity index (χ0) is 11.5. The molecule has 1 unspecified atom stereocenters. The van der Waals surface area contributed by atoms with Crippen molar-refractivity contribution in [1.82, 2.24) is 15.3 Å². The maximum absolute atomic E-state index is 4.68. The number of piperidine rings is 1. The van der Waals surface area contributed by atoms with Gasteiger partial charge < -0.3 is 5.32 Å². The van der Waals surface area contributed by atoms with Gasteiger partial charge >= 0.3 is 0 Å². The van der Waals surface area contributed by atoms with Crippen molar-refractivity contribution in [3.8, 4) is 0 Å². The van der Waals surface area contributed by atoms with Crippen molar-refractivity contribution < 1.29 is 0 Å². The minimum Gasteiger partial charge on any atom is -0.316 e. The van der Waals surface area contributed by atoms with E-state index >= 15 is 0 Å². The van der Waals surface area contributed by atoms with Gasteiger partial charge in [0.2, 0.25) is 0 Å². The second kappa shape index (κ2) is 4.91. The molecule has 88 valence electrons. The van der Waals surface area contributed by atoms with Crippen LogP contribution >= 0.6 is 0 Å². The summed E-state index contributed by atoms with van der Waals surface area (Å²) in [5.74, 6) is 1.55. The molecular formula is C13H21N3. The van der Waals surface area contributed by atoms with E-state index in [0.29, 0.717) is 5.92 Å². The van der Waals surface area contributed by atoms with Gasteiger partial charge in [0.05, 0.1) is 0 Å². The predicted octanol–water partition coefficient (Wildman–Crippen LogP) is 2.12. The summed E-state index contributed by atoms with van der Waals surface area (Å²) in [7, 11) is 0. The minimum atomic E-state index is 0.511. The van der Waals surface area contributed by atoms with Gasteiger partial charge in [0.15, 0.2) is 0 Å². The van der Waals surface area contributed by atoms with Crippen LogP contribution in [0.15, 0.2) is 0 Å². The maximum Gasteiger partial charge on any atom is 0.133 e. The Kier molecular flexibility index (Phi) is 3.54. The highest BCUT2D eigenvalue weighted by Crippen LogP contribution is 2.22. The van der Waals surface area contributed by atoms with Gasteiger partial charge in [-0.15, -0.1) is 0 Å². The Labute approximate surface area is 97.7 Å². The molecule has 0 bridgehead atoms. The molecule has 0 amide bonds. The molecule has 1 fully saturated rings. The Morgan fingerprint density at radius 1 is 1.25 bits per heavy atom. The Bertz CT molecular complexity index is 344. The lowest BCUT2D eigenvalue weighted by molar-refractivity contribution is 0.445. The summed E-state index contributed by atoms with van der Waals surface area (Å²) in [6.07, 6.45) is 3.49. The number of aryl methyl sites for hydroxylation is 2. The molecule has 1 aliphatic rings. The SMILES string of the molecule is CCc1c(C)nc(C2CCCNC2)nc1C. The minimum absolute atomic E-state index is 0.511. The Hall–Kier alpha value is -0.960. The molecule has 0 saturated carbocycles.